The smallest absolute Gasteiger partial charge is 0.0845 e. The van der Waals surface area contributed by atoms with Gasteiger partial charge in [-0.05, 0) is 125 Å². The van der Waals surface area contributed by atoms with Gasteiger partial charge in [0.15, 0.2) is 0 Å². The van der Waals surface area contributed by atoms with E-state index in [2.05, 4.69) is 20.3 Å². The highest BCUT2D eigenvalue weighted by Crippen LogP contribution is 2.18. The fourth-order valence-corrected chi connectivity index (χ4v) is 5.58. The van der Waals surface area contributed by atoms with Crippen molar-refractivity contribution in [1.82, 2.24) is 9.97 Å². The van der Waals surface area contributed by atoms with Crippen LogP contribution in [0.1, 0.15) is 61.6 Å². The van der Waals surface area contributed by atoms with Crippen LogP contribution < -0.4 is 0 Å². The molecule has 240 valence electrons. The molecular weight excluding hydrogens is 633 g/mol. The molecule has 4 bridgehead atoms. The van der Waals surface area contributed by atoms with Crippen molar-refractivity contribution in [1.29, 1.82) is 0 Å². The second-order valence-corrected chi connectivity index (χ2v) is 11.9. The minimum Gasteiger partial charge on any atom is -0.286 e. The maximum absolute atomic E-state index is 5.15. The maximum atomic E-state index is 5.15. The Hall–Kier alpha value is -4.98. The molecule has 5 rings (SSSR count). The van der Waals surface area contributed by atoms with Gasteiger partial charge in [0.1, 0.15) is 0 Å². The molecule has 2 aromatic carbocycles. The fraction of sp³-hybridized carbons (Fsp3) is 0.263. The summed E-state index contributed by atoms with van der Waals surface area (Å²) in [7, 11) is 0. The van der Waals surface area contributed by atoms with Crippen molar-refractivity contribution in [3.8, 4) is 0 Å². The molecule has 0 N–H and O–H groups in total. The van der Waals surface area contributed by atoms with Gasteiger partial charge < -0.3 is 0 Å². The first-order chi connectivity index (χ1) is 23.3. The molecule has 0 radical (unpaired) electrons. The molecule has 0 aliphatic carbocycles. The van der Waals surface area contributed by atoms with Gasteiger partial charge in [0.2, 0.25) is 0 Å². The minimum absolute atomic E-state index is 0.124. The molecule has 2 unspecified atom stereocenters. The molecule has 10 heteroatoms. The van der Waals surface area contributed by atoms with Gasteiger partial charge in [0, 0.05) is 0 Å². The van der Waals surface area contributed by atoms with Gasteiger partial charge in [-0.15, -0.1) is 0 Å². The zero-order valence-electron chi connectivity index (χ0n) is 27.5. The lowest BCUT2D eigenvalue weighted by molar-refractivity contribution is 0.680. The van der Waals surface area contributed by atoms with Gasteiger partial charge in [-0.1, -0.05) is 36.4 Å². The minimum atomic E-state index is -0.124. The zero-order valence-corrected chi connectivity index (χ0v) is 29.1. The molecule has 3 heterocycles. The number of aromatic nitrogens is 2. The van der Waals surface area contributed by atoms with Gasteiger partial charge in [-0.25, -0.2) is 9.97 Å². The summed E-state index contributed by atoms with van der Waals surface area (Å²) in [6.07, 6.45) is 1.39. The number of nitrogens with zero attached hydrogens (tertiary/aromatic N) is 8. The van der Waals surface area contributed by atoms with E-state index in [-0.39, 0.29) is 12.1 Å². The normalized spacial score (nSPS) is 16.8. The molecule has 2 atom stereocenters. The number of thiocarbonyl (C=S) groups is 2. The van der Waals surface area contributed by atoms with Gasteiger partial charge in [-0.3, -0.25) is 20.0 Å². The Morgan fingerprint density at radius 3 is 1.25 bits per heavy atom. The average molecular weight is 669 g/mol. The molecule has 0 fully saturated rings. The van der Waals surface area contributed by atoms with Gasteiger partial charge in [0.05, 0.1) is 92.5 Å². The second-order valence-electron chi connectivity index (χ2n) is 11.6. The van der Waals surface area contributed by atoms with Crippen molar-refractivity contribution in [2.75, 3.05) is 13.1 Å². The predicted molar refractivity (Wildman–Crippen MR) is 204 cm³/mol. The van der Waals surface area contributed by atoms with Crippen LogP contribution in [0.15, 0.2) is 115 Å². The highest BCUT2D eigenvalue weighted by Gasteiger charge is 2.15. The van der Waals surface area contributed by atoms with E-state index in [4.69, 9.17) is 54.4 Å². The molecule has 4 aromatic rings. The standard InChI is InChI=1S/C38H36N8S2/c1-25-35-7-5-9-37(45-35)27(3)44-34(20-30-13-17-32(18-14-30)42-24-48)22-40-26(2)36-8-6-10-38(46-36)28(4)43-33(21-39-25)19-29-11-15-31(16-12-29)41-23-47/h5-18,33-34H,19-22H2,1-4H3. The van der Waals surface area contributed by atoms with E-state index in [1.807, 2.05) is 113 Å². The lowest BCUT2D eigenvalue weighted by Gasteiger charge is -2.15. The quantitative estimate of drug-likeness (QED) is 0.153. The van der Waals surface area contributed by atoms with Gasteiger partial charge >= 0.3 is 0 Å². The molecule has 0 saturated heterocycles. The van der Waals surface area contributed by atoms with Crippen LogP contribution in [-0.4, -0.2) is 68.3 Å². The van der Waals surface area contributed by atoms with Crippen LogP contribution in [0, 0.1) is 0 Å². The molecule has 0 spiro atoms. The van der Waals surface area contributed by atoms with Crippen LogP contribution in [0.25, 0.3) is 0 Å². The lowest BCUT2D eigenvalue weighted by atomic mass is 10.0. The summed E-state index contributed by atoms with van der Waals surface area (Å²) in [6, 6.07) is 27.6. The van der Waals surface area contributed by atoms with Crippen molar-refractivity contribution in [3.05, 3.63) is 119 Å². The first-order valence-electron chi connectivity index (χ1n) is 15.7. The Morgan fingerprint density at radius 2 is 0.896 bits per heavy atom. The summed E-state index contributed by atoms with van der Waals surface area (Å²) in [5, 5.41) is 4.84. The molecule has 0 amide bonds. The number of benzene rings is 2. The molecule has 1 aliphatic rings. The molecule has 0 saturated carbocycles. The number of hydrogen-bond acceptors (Lipinski definition) is 10. The SMILES string of the molecule is CC1=NCC(Cc2ccc(N=C=S)cc2)N=C(C)c2cccc(n2)C(C)=NCC(Cc2ccc(N=C=S)cc2)N=C(C)c2cccc1n2. The first-order valence-corrected chi connectivity index (χ1v) is 16.5. The topological polar surface area (TPSA) is 99.9 Å². The van der Waals surface area contributed by atoms with Crippen LogP contribution >= 0.6 is 24.4 Å². The number of pyridine rings is 2. The number of fused-ring (bicyclic) bond motifs is 4. The van der Waals surface area contributed by atoms with E-state index >= 15 is 0 Å². The number of isothiocyanates is 2. The zero-order chi connectivity index (χ0) is 33.9. The highest BCUT2D eigenvalue weighted by atomic mass is 32.1. The summed E-state index contributed by atoms with van der Waals surface area (Å²) in [6.45, 7) is 8.95. The van der Waals surface area contributed by atoms with E-state index in [0.29, 0.717) is 25.9 Å². The fourth-order valence-electron chi connectivity index (χ4n) is 5.37. The Labute approximate surface area is 292 Å². The van der Waals surface area contributed by atoms with Crippen LogP contribution in [0.5, 0.6) is 0 Å². The number of hydrogen-bond donors (Lipinski definition) is 0. The van der Waals surface area contributed by atoms with Crippen LogP contribution in [-0.2, 0) is 12.8 Å². The Morgan fingerprint density at radius 1 is 0.542 bits per heavy atom. The van der Waals surface area contributed by atoms with E-state index in [1.165, 1.54) is 0 Å². The van der Waals surface area contributed by atoms with E-state index in [0.717, 1.165) is 68.1 Å². The molecule has 1 aliphatic heterocycles. The Bertz CT molecular complexity index is 1840. The number of rotatable bonds is 6. The summed E-state index contributed by atoms with van der Waals surface area (Å²) in [5.74, 6) is 0. The van der Waals surface area contributed by atoms with Crippen molar-refractivity contribution in [3.63, 3.8) is 0 Å². The van der Waals surface area contributed by atoms with Crippen molar-refractivity contribution < 1.29 is 0 Å². The second kappa shape index (κ2) is 16.7. The monoisotopic (exact) mass is 668 g/mol. The van der Waals surface area contributed by atoms with Crippen molar-refractivity contribution >= 4 is 69.0 Å². The van der Waals surface area contributed by atoms with Crippen molar-refractivity contribution in [2.45, 2.75) is 52.6 Å². The summed E-state index contributed by atoms with van der Waals surface area (Å²) in [5.41, 5.74) is 10.4. The largest absolute Gasteiger partial charge is 0.286 e. The Balaban J connectivity index is 1.53. The van der Waals surface area contributed by atoms with Crippen LogP contribution in [0.4, 0.5) is 11.4 Å². The highest BCUT2D eigenvalue weighted by molar-refractivity contribution is 7.78. The average Bonchev–Trinajstić information content (AvgIpc) is 3.10. The maximum Gasteiger partial charge on any atom is 0.0845 e. The molecule has 2 aromatic heterocycles. The third-order valence-corrected chi connectivity index (χ3v) is 8.16. The summed E-state index contributed by atoms with van der Waals surface area (Å²) in [4.78, 5) is 38.3. The summed E-state index contributed by atoms with van der Waals surface area (Å²) < 4.78 is 0. The van der Waals surface area contributed by atoms with E-state index in [1.54, 1.807) is 0 Å². The first kappa shape index (κ1) is 34.4. The lowest BCUT2D eigenvalue weighted by Crippen LogP contribution is -2.19. The molecule has 48 heavy (non-hydrogen) atoms. The van der Waals surface area contributed by atoms with Gasteiger partial charge in [-0.2, -0.15) is 9.98 Å². The van der Waals surface area contributed by atoms with E-state index in [9.17, 15) is 0 Å². The third-order valence-electron chi connectivity index (χ3n) is 7.98. The number of aliphatic imine (C=N–C) groups is 6. The van der Waals surface area contributed by atoms with E-state index < -0.39 is 0 Å². The van der Waals surface area contributed by atoms with Crippen LogP contribution in [0.2, 0.25) is 0 Å². The van der Waals surface area contributed by atoms with Crippen molar-refractivity contribution in [2.24, 2.45) is 30.0 Å². The third kappa shape index (κ3) is 9.53. The Kier molecular flexibility index (Phi) is 12.0. The summed E-state index contributed by atoms with van der Waals surface area (Å²) >= 11 is 9.51. The molecule has 8 nitrogen and oxygen atoms in total. The predicted octanol–water partition coefficient (Wildman–Crippen LogP) is 8.12. The molecular formula is C38H36N8S2. The van der Waals surface area contributed by atoms with Gasteiger partial charge in [0.25, 0.3) is 0 Å². The van der Waals surface area contributed by atoms with Crippen LogP contribution in [0.3, 0.4) is 0 Å².